The fourth-order valence-corrected chi connectivity index (χ4v) is 2.66. The lowest BCUT2D eigenvalue weighted by atomic mass is 9.92. The third-order valence-corrected chi connectivity index (χ3v) is 4.53. The standard InChI is InChI=1S/C14H17BrN2O2/c1-3-14(2)13(19)16-8-12(18)17(14)9-10-6-4-5-7-11(10)15/h4-7H,3,8-9H2,1-2H3,(H,16,19). The van der Waals surface area contributed by atoms with Gasteiger partial charge >= 0.3 is 0 Å². The Morgan fingerprint density at radius 1 is 1.37 bits per heavy atom. The number of rotatable bonds is 3. The normalized spacial score (nSPS) is 23.4. The van der Waals surface area contributed by atoms with Gasteiger partial charge in [0.15, 0.2) is 0 Å². The molecule has 2 amide bonds. The van der Waals surface area contributed by atoms with E-state index >= 15 is 0 Å². The molecular weight excluding hydrogens is 308 g/mol. The predicted octanol–water partition coefficient (Wildman–Crippen LogP) is 2.08. The second-order valence-electron chi connectivity index (χ2n) is 4.88. The van der Waals surface area contributed by atoms with Crippen LogP contribution in [0.2, 0.25) is 0 Å². The molecule has 102 valence electrons. The molecule has 4 nitrogen and oxygen atoms in total. The summed E-state index contributed by atoms with van der Waals surface area (Å²) in [6, 6.07) is 7.75. The Balaban J connectivity index is 2.32. The lowest BCUT2D eigenvalue weighted by Gasteiger charge is -2.43. The molecule has 1 aromatic rings. The summed E-state index contributed by atoms with van der Waals surface area (Å²) >= 11 is 3.48. The van der Waals surface area contributed by atoms with Crippen molar-refractivity contribution in [3.05, 3.63) is 34.3 Å². The minimum Gasteiger partial charge on any atom is -0.345 e. The summed E-state index contributed by atoms with van der Waals surface area (Å²) in [5, 5.41) is 2.66. The van der Waals surface area contributed by atoms with E-state index in [1.54, 1.807) is 4.90 Å². The predicted molar refractivity (Wildman–Crippen MR) is 76.4 cm³/mol. The van der Waals surface area contributed by atoms with Crippen molar-refractivity contribution in [3.63, 3.8) is 0 Å². The molecule has 0 bridgehead atoms. The molecule has 0 aliphatic carbocycles. The van der Waals surface area contributed by atoms with Gasteiger partial charge in [-0.1, -0.05) is 41.1 Å². The number of carbonyl (C=O) groups excluding carboxylic acids is 2. The third-order valence-electron chi connectivity index (χ3n) is 3.76. The Labute approximate surface area is 121 Å². The number of hydrogen-bond acceptors (Lipinski definition) is 2. The highest BCUT2D eigenvalue weighted by Gasteiger charge is 2.44. The summed E-state index contributed by atoms with van der Waals surface area (Å²) < 4.78 is 0.951. The zero-order valence-electron chi connectivity index (χ0n) is 11.1. The number of carbonyl (C=O) groups is 2. The van der Waals surface area contributed by atoms with Crippen molar-refractivity contribution < 1.29 is 9.59 Å². The zero-order valence-corrected chi connectivity index (χ0v) is 12.7. The molecule has 1 aromatic carbocycles. The van der Waals surface area contributed by atoms with Gasteiger partial charge in [0.05, 0.1) is 6.54 Å². The van der Waals surface area contributed by atoms with E-state index in [2.05, 4.69) is 21.2 Å². The van der Waals surface area contributed by atoms with Crippen molar-refractivity contribution in [1.82, 2.24) is 10.2 Å². The zero-order chi connectivity index (χ0) is 14.0. The molecule has 0 spiro atoms. The SMILES string of the molecule is CCC1(C)C(=O)NCC(=O)N1Cc1ccccc1Br. The van der Waals surface area contributed by atoms with Crippen LogP contribution in [-0.4, -0.2) is 28.8 Å². The minimum atomic E-state index is -0.773. The van der Waals surface area contributed by atoms with Gasteiger partial charge in [-0.2, -0.15) is 0 Å². The fourth-order valence-electron chi connectivity index (χ4n) is 2.25. The van der Waals surface area contributed by atoms with E-state index in [4.69, 9.17) is 0 Å². The Hall–Kier alpha value is -1.36. The van der Waals surface area contributed by atoms with E-state index in [1.165, 1.54) is 0 Å². The maximum absolute atomic E-state index is 12.1. The molecular formula is C14H17BrN2O2. The van der Waals surface area contributed by atoms with Gasteiger partial charge in [-0.15, -0.1) is 0 Å². The quantitative estimate of drug-likeness (QED) is 0.925. The number of halogens is 1. The first-order valence-electron chi connectivity index (χ1n) is 6.31. The summed E-state index contributed by atoms with van der Waals surface area (Å²) in [6.07, 6.45) is 0.592. The van der Waals surface area contributed by atoms with E-state index in [1.807, 2.05) is 38.1 Å². The minimum absolute atomic E-state index is 0.0419. The number of nitrogens with one attached hydrogen (secondary N) is 1. The van der Waals surface area contributed by atoms with Crippen molar-refractivity contribution in [2.45, 2.75) is 32.4 Å². The largest absolute Gasteiger partial charge is 0.345 e. The third kappa shape index (κ3) is 2.52. The van der Waals surface area contributed by atoms with Gasteiger partial charge in [-0.3, -0.25) is 9.59 Å². The maximum Gasteiger partial charge on any atom is 0.246 e. The number of hydrogen-bond donors (Lipinski definition) is 1. The lowest BCUT2D eigenvalue weighted by Crippen LogP contribution is -2.65. The van der Waals surface area contributed by atoms with Crippen LogP contribution in [0.4, 0.5) is 0 Å². The van der Waals surface area contributed by atoms with Gasteiger partial charge in [0.1, 0.15) is 5.54 Å². The van der Waals surface area contributed by atoms with E-state index in [9.17, 15) is 9.59 Å². The summed E-state index contributed by atoms with van der Waals surface area (Å²) in [5.41, 5.74) is 0.232. The number of amides is 2. The summed E-state index contributed by atoms with van der Waals surface area (Å²) in [4.78, 5) is 25.9. The van der Waals surface area contributed by atoms with Gasteiger partial charge < -0.3 is 10.2 Å². The highest BCUT2D eigenvalue weighted by molar-refractivity contribution is 9.10. The lowest BCUT2D eigenvalue weighted by molar-refractivity contribution is -0.153. The van der Waals surface area contributed by atoms with Crippen LogP contribution in [0.25, 0.3) is 0 Å². The Kier molecular flexibility index (Phi) is 3.94. The second kappa shape index (κ2) is 5.33. The fraction of sp³-hybridized carbons (Fsp3) is 0.429. The topological polar surface area (TPSA) is 49.4 Å². The summed E-state index contributed by atoms with van der Waals surface area (Å²) in [7, 11) is 0. The van der Waals surface area contributed by atoms with Gasteiger partial charge in [0.2, 0.25) is 11.8 Å². The van der Waals surface area contributed by atoms with Crippen LogP contribution in [0.1, 0.15) is 25.8 Å². The molecule has 1 N–H and O–H groups in total. The van der Waals surface area contributed by atoms with Crippen LogP contribution >= 0.6 is 15.9 Å². The molecule has 0 aromatic heterocycles. The van der Waals surface area contributed by atoms with Gasteiger partial charge in [0, 0.05) is 11.0 Å². The van der Waals surface area contributed by atoms with E-state index in [-0.39, 0.29) is 18.4 Å². The number of nitrogens with zero attached hydrogens (tertiary/aromatic N) is 1. The van der Waals surface area contributed by atoms with E-state index < -0.39 is 5.54 Å². The Bertz CT molecular complexity index is 518. The highest BCUT2D eigenvalue weighted by atomic mass is 79.9. The van der Waals surface area contributed by atoms with Crippen LogP contribution in [0.15, 0.2) is 28.7 Å². The molecule has 1 fully saturated rings. The molecule has 0 saturated carbocycles. The molecule has 0 radical (unpaired) electrons. The average Bonchev–Trinajstić information content (AvgIpc) is 2.41. The van der Waals surface area contributed by atoms with Crippen molar-refractivity contribution >= 4 is 27.7 Å². The Morgan fingerprint density at radius 2 is 2.05 bits per heavy atom. The molecule has 19 heavy (non-hydrogen) atoms. The first-order valence-corrected chi connectivity index (χ1v) is 7.10. The van der Waals surface area contributed by atoms with Crippen molar-refractivity contribution in [3.8, 4) is 0 Å². The Morgan fingerprint density at radius 3 is 2.68 bits per heavy atom. The first-order chi connectivity index (χ1) is 8.99. The number of piperazine rings is 1. The van der Waals surface area contributed by atoms with E-state index in [0.717, 1.165) is 10.0 Å². The van der Waals surface area contributed by atoms with Crippen LogP contribution in [0, 0.1) is 0 Å². The second-order valence-corrected chi connectivity index (χ2v) is 5.74. The van der Waals surface area contributed by atoms with Crippen molar-refractivity contribution in [1.29, 1.82) is 0 Å². The molecule has 2 rings (SSSR count). The molecule has 5 heteroatoms. The van der Waals surface area contributed by atoms with Gasteiger partial charge in [0.25, 0.3) is 0 Å². The van der Waals surface area contributed by atoms with Crippen molar-refractivity contribution in [2.24, 2.45) is 0 Å². The monoisotopic (exact) mass is 324 g/mol. The molecule has 1 unspecified atom stereocenters. The van der Waals surface area contributed by atoms with Crippen LogP contribution < -0.4 is 5.32 Å². The van der Waals surface area contributed by atoms with Crippen LogP contribution in [-0.2, 0) is 16.1 Å². The van der Waals surface area contributed by atoms with Crippen LogP contribution in [0.3, 0.4) is 0 Å². The highest BCUT2D eigenvalue weighted by Crippen LogP contribution is 2.27. The molecule has 1 heterocycles. The van der Waals surface area contributed by atoms with Gasteiger partial charge in [-0.25, -0.2) is 0 Å². The molecule has 1 aliphatic heterocycles. The van der Waals surface area contributed by atoms with Gasteiger partial charge in [-0.05, 0) is 25.0 Å². The summed E-state index contributed by atoms with van der Waals surface area (Å²) in [5.74, 6) is -0.124. The average molecular weight is 325 g/mol. The van der Waals surface area contributed by atoms with Crippen molar-refractivity contribution in [2.75, 3.05) is 6.54 Å². The maximum atomic E-state index is 12.1. The summed E-state index contributed by atoms with van der Waals surface area (Å²) in [6.45, 7) is 4.26. The first kappa shape index (κ1) is 14.1. The smallest absolute Gasteiger partial charge is 0.246 e. The molecule has 1 atom stereocenters. The number of benzene rings is 1. The van der Waals surface area contributed by atoms with E-state index in [0.29, 0.717) is 13.0 Å². The van der Waals surface area contributed by atoms with Crippen LogP contribution in [0.5, 0.6) is 0 Å². The molecule has 1 aliphatic rings. The molecule has 1 saturated heterocycles.